The number of nitro groups is 1. The third kappa shape index (κ3) is 2.31. The Balaban J connectivity index is 2.45. The molecule has 1 aromatic carbocycles. The first kappa shape index (κ1) is 13.1. The number of benzene rings is 1. The first-order chi connectivity index (χ1) is 8.91. The second-order valence-electron chi connectivity index (χ2n) is 4.13. The highest BCUT2D eigenvalue weighted by Gasteiger charge is 2.22. The molecule has 100 valence electrons. The molecule has 0 saturated carbocycles. The maximum absolute atomic E-state index is 13.5. The van der Waals surface area contributed by atoms with E-state index in [0.29, 0.717) is 0 Å². The van der Waals surface area contributed by atoms with Gasteiger partial charge in [-0.2, -0.15) is 5.10 Å². The van der Waals surface area contributed by atoms with E-state index in [2.05, 4.69) is 5.10 Å². The van der Waals surface area contributed by atoms with Gasteiger partial charge in [0.15, 0.2) is 0 Å². The molecule has 0 saturated heterocycles. The molecule has 19 heavy (non-hydrogen) atoms. The van der Waals surface area contributed by atoms with Gasteiger partial charge in [-0.05, 0) is 26.0 Å². The molecule has 2 aromatic rings. The van der Waals surface area contributed by atoms with Crippen molar-refractivity contribution in [3.63, 3.8) is 0 Å². The molecule has 0 aliphatic heterocycles. The summed E-state index contributed by atoms with van der Waals surface area (Å²) in [6, 6.07) is 3.54. The van der Waals surface area contributed by atoms with Crippen molar-refractivity contribution in [2.75, 3.05) is 0 Å². The molecule has 0 unspecified atom stereocenters. The van der Waals surface area contributed by atoms with Gasteiger partial charge in [-0.15, -0.1) is 0 Å². The lowest BCUT2D eigenvalue weighted by atomic mass is 10.2. The number of nitrogens with zero attached hydrogens (tertiary/aromatic N) is 3. The maximum Gasteiger partial charge on any atom is 0.312 e. The molecule has 1 aromatic heterocycles. The van der Waals surface area contributed by atoms with Gasteiger partial charge in [-0.25, -0.2) is 8.78 Å². The second-order valence-corrected chi connectivity index (χ2v) is 4.13. The minimum absolute atomic E-state index is 0.128. The van der Waals surface area contributed by atoms with Gasteiger partial charge in [0.25, 0.3) is 0 Å². The van der Waals surface area contributed by atoms with Gasteiger partial charge in [0.05, 0.1) is 11.5 Å². The highest BCUT2D eigenvalue weighted by Crippen LogP contribution is 2.23. The lowest BCUT2D eigenvalue weighted by molar-refractivity contribution is -0.386. The smallest absolute Gasteiger partial charge is 0.258 e. The standard InChI is InChI=1S/C12H11F2N3O2/c1-7-12(17(18)19)8(2)16(15-7)6-9-10(13)4-3-5-11(9)14/h3-5H,6H2,1-2H3. The molecule has 0 aliphatic rings. The predicted molar refractivity (Wildman–Crippen MR) is 63.8 cm³/mol. The minimum Gasteiger partial charge on any atom is -0.258 e. The zero-order valence-electron chi connectivity index (χ0n) is 10.4. The summed E-state index contributed by atoms with van der Waals surface area (Å²) in [5.74, 6) is -1.40. The Kier molecular flexibility index (Phi) is 3.28. The van der Waals surface area contributed by atoms with E-state index in [0.717, 1.165) is 12.1 Å². The van der Waals surface area contributed by atoms with E-state index in [-0.39, 0.29) is 29.2 Å². The summed E-state index contributed by atoms with van der Waals surface area (Å²) >= 11 is 0. The van der Waals surface area contributed by atoms with Crippen molar-refractivity contribution in [2.24, 2.45) is 0 Å². The number of aromatic nitrogens is 2. The van der Waals surface area contributed by atoms with E-state index in [4.69, 9.17) is 0 Å². The molecular formula is C12H11F2N3O2. The molecule has 0 amide bonds. The SMILES string of the molecule is Cc1nn(Cc2c(F)cccc2F)c(C)c1[N+](=O)[O-]. The van der Waals surface area contributed by atoms with Crippen LogP contribution in [-0.4, -0.2) is 14.7 Å². The Morgan fingerprint density at radius 2 is 1.89 bits per heavy atom. The van der Waals surface area contributed by atoms with Crippen molar-refractivity contribution in [2.45, 2.75) is 20.4 Å². The summed E-state index contributed by atoms with van der Waals surface area (Å²) in [6.07, 6.45) is 0. The van der Waals surface area contributed by atoms with E-state index in [1.807, 2.05) is 0 Å². The van der Waals surface area contributed by atoms with Crippen LogP contribution in [0.1, 0.15) is 17.0 Å². The fourth-order valence-electron chi connectivity index (χ4n) is 1.94. The highest BCUT2D eigenvalue weighted by molar-refractivity contribution is 5.40. The van der Waals surface area contributed by atoms with Crippen molar-refractivity contribution >= 4 is 5.69 Å². The first-order valence-corrected chi connectivity index (χ1v) is 5.53. The van der Waals surface area contributed by atoms with Crippen LogP contribution >= 0.6 is 0 Å². The van der Waals surface area contributed by atoms with Gasteiger partial charge in [0.1, 0.15) is 23.0 Å². The average Bonchev–Trinajstić information content (AvgIpc) is 2.59. The number of hydrogen-bond acceptors (Lipinski definition) is 3. The van der Waals surface area contributed by atoms with Crippen molar-refractivity contribution in [3.05, 3.63) is 56.9 Å². The van der Waals surface area contributed by atoms with Crippen LogP contribution < -0.4 is 0 Å². The van der Waals surface area contributed by atoms with E-state index >= 15 is 0 Å². The monoisotopic (exact) mass is 267 g/mol. The number of hydrogen-bond donors (Lipinski definition) is 0. The molecule has 0 N–H and O–H groups in total. The highest BCUT2D eigenvalue weighted by atomic mass is 19.1. The first-order valence-electron chi connectivity index (χ1n) is 5.53. The van der Waals surface area contributed by atoms with E-state index < -0.39 is 16.6 Å². The summed E-state index contributed by atoms with van der Waals surface area (Å²) < 4.78 is 28.3. The van der Waals surface area contributed by atoms with E-state index in [1.165, 1.54) is 24.6 Å². The predicted octanol–water partition coefficient (Wildman–Crippen LogP) is 2.73. The fraction of sp³-hybridized carbons (Fsp3) is 0.250. The van der Waals surface area contributed by atoms with Crippen molar-refractivity contribution in [3.8, 4) is 0 Å². The van der Waals surface area contributed by atoms with Crippen LogP contribution in [0.3, 0.4) is 0 Å². The zero-order chi connectivity index (χ0) is 14.2. The van der Waals surface area contributed by atoms with Gasteiger partial charge < -0.3 is 0 Å². The molecule has 0 fully saturated rings. The average molecular weight is 267 g/mol. The van der Waals surface area contributed by atoms with Gasteiger partial charge >= 0.3 is 5.69 Å². The molecule has 0 atom stereocenters. The van der Waals surface area contributed by atoms with Crippen molar-refractivity contribution < 1.29 is 13.7 Å². The van der Waals surface area contributed by atoms with Crippen molar-refractivity contribution in [1.82, 2.24) is 9.78 Å². The number of halogens is 2. The minimum atomic E-state index is -0.699. The molecule has 0 spiro atoms. The van der Waals surface area contributed by atoms with Crippen LogP contribution in [0.15, 0.2) is 18.2 Å². The topological polar surface area (TPSA) is 61.0 Å². The Labute approximate surface area is 107 Å². The Bertz CT molecular complexity index is 632. The molecule has 7 heteroatoms. The molecule has 1 heterocycles. The third-order valence-electron chi connectivity index (χ3n) is 2.90. The lowest BCUT2D eigenvalue weighted by Crippen LogP contribution is -2.08. The normalized spacial score (nSPS) is 10.7. The number of aryl methyl sites for hydroxylation is 1. The van der Waals surface area contributed by atoms with Gasteiger partial charge in [-0.3, -0.25) is 14.8 Å². The fourth-order valence-corrected chi connectivity index (χ4v) is 1.94. The number of rotatable bonds is 3. The molecule has 5 nitrogen and oxygen atoms in total. The lowest BCUT2D eigenvalue weighted by Gasteiger charge is -2.06. The Morgan fingerprint density at radius 1 is 1.32 bits per heavy atom. The molecule has 0 bridgehead atoms. The molecule has 0 radical (unpaired) electrons. The van der Waals surface area contributed by atoms with Crippen molar-refractivity contribution in [1.29, 1.82) is 0 Å². The van der Waals surface area contributed by atoms with Crippen LogP contribution in [0, 0.1) is 35.6 Å². The van der Waals surface area contributed by atoms with E-state index in [1.54, 1.807) is 0 Å². The van der Waals surface area contributed by atoms with Gasteiger partial charge in [-0.1, -0.05) is 6.07 Å². The van der Waals surface area contributed by atoms with Crippen LogP contribution in [-0.2, 0) is 6.54 Å². The Morgan fingerprint density at radius 3 is 2.37 bits per heavy atom. The van der Waals surface area contributed by atoms with Crippen LogP contribution in [0.5, 0.6) is 0 Å². The maximum atomic E-state index is 13.5. The summed E-state index contributed by atoms with van der Waals surface area (Å²) in [6.45, 7) is 2.80. The van der Waals surface area contributed by atoms with Crippen LogP contribution in [0.25, 0.3) is 0 Å². The summed E-state index contributed by atoms with van der Waals surface area (Å²) in [4.78, 5) is 10.3. The molecule has 0 aliphatic carbocycles. The third-order valence-corrected chi connectivity index (χ3v) is 2.90. The zero-order valence-corrected chi connectivity index (χ0v) is 10.4. The summed E-state index contributed by atoms with van der Waals surface area (Å²) in [5, 5.41) is 14.8. The van der Waals surface area contributed by atoms with Crippen LogP contribution in [0.4, 0.5) is 14.5 Å². The second kappa shape index (κ2) is 4.75. The molecular weight excluding hydrogens is 256 g/mol. The van der Waals surface area contributed by atoms with E-state index in [9.17, 15) is 18.9 Å². The quantitative estimate of drug-likeness (QED) is 0.634. The summed E-state index contributed by atoms with van der Waals surface area (Å²) in [7, 11) is 0. The Hall–Kier alpha value is -2.31. The molecule has 2 rings (SSSR count). The largest absolute Gasteiger partial charge is 0.312 e. The van der Waals surface area contributed by atoms with Crippen LogP contribution in [0.2, 0.25) is 0 Å². The van der Waals surface area contributed by atoms with Gasteiger partial charge in [0, 0.05) is 5.56 Å². The summed E-state index contributed by atoms with van der Waals surface area (Å²) in [5.41, 5.74) is 0.198. The van der Waals surface area contributed by atoms with Gasteiger partial charge in [0.2, 0.25) is 0 Å².